The molecular formula is C27H23NO7. The van der Waals surface area contributed by atoms with Gasteiger partial charge in [0.2, 0.25) is 0 Å². The molecule has 1 fully saturated rings. The number of Topliss-reactive ketones (excluding diaryl/α,β-unsaturated/α-hetero) is 1. The number of hydrogen-bond donors (Lipinski definition) is 2. The Kier molecular flexibility index (Phi) is 6.55. The first-order valence-corrected chi connectivity index (χ1v) is 10.7. The van der Waals surface area contributed by atoms with Crippen molar-refractivity contribution >= 4 is 29.1 Å². The van der Waals surface area contributed by atoms with Crippen LogP contribution in [0.2, 0.25) is 0 Å². The highest BCUT2D eigenvalue weighted by molar-refractivity contribution is 6.51. The van der Waals surface area contributed by atoms with Crippen molar-refractivity contribution in [2.75, 3.05) is 19.1 Å². The zero-order valence-corrected chi connectivity index (χ0v) is 19.1. The summed E-state index contributed by atoms with van der Waals surface area (Å²) in [5.74, 6) is -1.73. The van der Waals surface area contributed by atoms with E-state index in [-0.39, 0.29) is 17.8 Å². The fourth-order valence-corrected chi connectivity index (χ4v) is 4.05. The molecule has 0 saturated carbocycles. The number of aliphatic hydroxyl groups is 1. The molecule has 1 unspecified atom stereocenters. The molecule has 8 nitrogen and oxygen atoms in total. The SMILES string of the molecule is COc1ccc(/C(O)=C2\C(=O)C(=O)N(c3ccc(CC(=O)O)cc3)C2c2ccc(OC)cc2)cc1. The van der Waals surface area contributed by atoms with Crippen molar-refractivity contribution in [3.8, 4) is 11.5 Å². The number of carbonyl (C=O) groups excluding carboxylic acids is 2. The molecular weight excluding hydrogens is 450 g/mol. The van der Waals surface area contributed by atoms with Gasteiger partial charge in [-0.25, -0.2) is 0 Å². The van der Waals surface area contributed by atoms with Crippen LogP contribution in [0.1, 0.15) is 22.7 Å². The Bertz CT molecular complexity index is 1290. The molecule has 1 amide bonds. The van der Waals surface area contributed by atoms with Crippen LogP contribution in [-0.2, 0) is 20.8 Å². The van der Waals surface area contributed by atoms with Gasteiger partial charge in [0.1, 0.15) is 17.3 Å². The number of benzene rings is 3. The van der Waals surface area contributed by atoms with E-state index in [2.05, 4.69) is 0 Å². The predicted molar refractivity (Wildman–Crippen MR) is 129 cm³/mol. The minimum absolute atomic E-state index is 0.0556. The molecule has 0 spiro atoms. The van der Waals surface area contributed by atoms with E-state index in [1.807, 2.05) is 0 Å². The molecule has 1 atom stereocenters. The Labute approximate surface area is 201 Å². The van der Waals surface area contributed by atoms with Gasteiger partial charge in [-0.2, -0.15) is 0 Å². The van der Waals surface area contributed by atoms with Crippen LogP contribution in [0.25, 0.3) is 5.76 Å². The van der Waals surface area contributed by atoms with Gasteiger partial charge in [0.05, 0.1) is 32.3 Å². The molecule has 3 aromatic carbocycles. The van der Waals surface area contributed by atoms with Gasteiger partial charge < -0.3 is 19.7 Å². The van der Waals surface area contributed by atoms with Gasteiger partial charge in [-0.3, -0.25) is 19.3 Å². The van der Waals surface area contributed by atoms with E-state index in [0.717, 1.165) is 0 Å². The lowest BCUT2D eigenvalue weighted by atomic mass is 9.95. The van der Waals surface area contributed by atoms with Gasteiger partial charge in [-0.05, 0) is 59.7 Å². The maximum absolute atomic E-state index is 13.2. The zero-order chi connectivity index (χ0) is 25.1. The first-order valence-electron chi connectivity index (χ1n) is 10.7. The van der Waals surface area contributed by atoms with Crippen LogP contribution in [0.5, 0.6) is 11.5 Å². The van der Waals surface area contributed by atoms with Crippen LogP contribution < -0.4 is 14.4 Å². The van der Waals surface area contributed by atoms with Gasteiger partial charge >= 0.3 is 5.97 Å². The normalized spacial score (nSPS) is 16.9. The summed E-state index contributed by atoms with van der Waals surface area (Å²) in [6.07, 6.45) is -0.168. The van der Waals surface area contributed by atoms with E-state index in [1.165, 1.54) is 19.1 Å². The van der Waals surface area contributed by atoms with Crippen LogP contribution in [0.4, 0.5) is 5.69 Å². The molecule has 1 aliphatic rings. The van der Waals surface area contributed by atoms with E-state index in [4.69, 9.17) is 14.6 Å². The predicted octanol–water partition coefficient (Wildman–Crippen LogP) is 3.96. The van der Waals surface area contributed by atoms with E-state index in [0.29, 0.717) is 33.9 Å². The van der Waals surface area contributed by atoms with Crippen molar-refractivity contribution in [1.82, 2.24) is 0 Å². The Morgan fingerprint density at radius 1 is 0.829 bits per heavy atom. The first kappa shape index (κ1) is 23.6. The lowest BCUT2D eigenvalue weighted by molar-refractivity contribution is -0.136. The molecule has 1 aliphatic heterocycles. The fourth-order valence-electron chi connectivity index (χ4n) is 4.05. The summed E-state index contributed by atoms with van der Waals surface area (Å²) in [4.78, 5) is 38.8. The third-order valence-electron chi connectivity index (χ3n) is 5.81. The lowest BCUT2D eigenvalue weighted by Crippen LogP contribution is -2.29. The number of hydrogen-bond acceptors (Lipinski definition) is 6. The smallest absolute Gasteiger partial charge is 0.307 e. The van der Waals surface area contributed by atoms with E-state index in [1.54, 1.807) is 72.8 Å². The average molecular weight is 473 g/mol. The van der Waals surface area contributed by atoms with Gasteiger partial charge in [-0.15, -0.1) is 0 Å². The second kappa shape index (κ2) is 9.72. The van der Waals surface area contributed by atoms with Crippen molar-refractivity contribution in [2.24, 2.45) is 0 Å². The van der Waals surface area contributed by atoms with Gasteiger partial charge in [0.25, 0.3) is 11.7 Å². The average Bonchev–Trinajstić information content (AvgIpc) is 3.14. The largest absolute Gasteiger partial charge is 0.507 e. The molecule has 0 bridgehead atoms. The number of methoxy groups -OCH3 is 2. The number of carboxylic acid groups (broad SMARTS) is 1. The fraction of sp³-hybridized carbons (Fsp3) is 0.148. The minimum Gasteiger partial charge on any atom is -0.507 e. The number of ether oxygens (including phenoxy) is 2. The first-order chi connectivity index (χ1) is 16.8. The van der Waals surface area contributed by atoms with Gasteiger partial charge in [0, 0.05) is 11.3 Å². The Morgan fingerprint density at radius 2 is 1.37 bits per heavy atom. The van der Waals surface area contributed by atoms with E-state index in [9.17, 15) is 19.5 Å². The van der Waals surface area contributed by atoms with Crippen molar-refractivity contribution in [2.45, 2.75) is 12.5 Å². The molecule has 0 aliphatic carbocycles. The van der Waals surface area contributed by atoms with Crippen LogP contribution in [-0.4, -0.2) is 42.1 Å². The number of rotatable bonds is 7. The van der Waals surface area contributed by atoms with Crippen molar-refractivity contribution in [3.05, 3.63) is 95.1 Å². The molecule has 8 heteroatoms. The van der Waals surface area contributed by atoms with Crippen LogP contribution in [0, 0.1) is 0 Å². The molecule has 1 saturated heterocycles. The summed E-state index contributed by atoms with van der Waals surface area (Å²) >= 11 is 0. The number of aliphatic carboxylic acids is 1. The third-order valence-corrected chi connectivity index (χ3v) is 5.81. The number of anilines is 1. The molecule has 178 valence electrons. The Morgan fingerprint density at radius 3 is 1.89 bits per heavy atom. The maximum Gasteiger partial charge on any atom is 0.307 e. The second-order valence-corrected chi connectivity index (χ2v) is 7.91. The maximum atomic E-state index is 13.2. The summed E-state index contributed by atoms with van der Waals surface area (Å²) in [7, 11) is 3.05. The molecule has 35 heavy (non-hydrogen) atoms. The number of carbonyl (C=O) groups is 3. The molecule has 0 aromatic heterocycles. The van der Waals surface area contributed by atoms with E-state index >= 15 is 0 Å². The lowest BCUT2D eigenvalue weighted by Gasteiger charge is -2.25. The number of nitrogens with zero attached hydrogens (tertiary/aromatic N) is 1. The number of amides is 1. The minimum atomic E-state index is -0.976. The zero-order valence-electron chi connectivity index (χ0n) is 19.1. The van der Waals surface area contributed by atoms with Crippen LogP contribution in [0.3, 0.4) is 0 Å². The molecule has 4 rings (SSSR count). The van der Waals surface area contributed by atoms with Crippen molar-refractivity contribution < 1.29 is 34.1 Å². The summed E-state index contributed by atoms with van der Waals surface area (Å²) in [5.41, 5.74) is 1.85. The number of ketones is 1. The summed E-state index contributed by atoms with van der Waals surface area (Å²) in [5, 5.41) is 20.2. The molecule has 0 radical (unpaired) electrons. The summed E-state index contributed by atoms with van der Waals surface area (Å²) in [6.45, 7) is 0. The number of carboxylic acids is 1. The third kappa shape index (κ3) is 4.59. The highest BCUT2D eigenvalue weighted by atomic mass is 16.5. The Balaban J connectivity index is 1.85. The molecule has 2 N–H and O–H groups in total. The summed E-state index contributed by atoms with van der Waals surface area (Å²) in [6, 6.07) is 18.8. The van der Waals surface area contributed by atoms with Crippen LogP contribution >= 0.6 is 0 Å². The highest BCUT2D eigenvalue weighted by Crippen LogP contribution is 2.42. The molecule has 1 heterocycles. The van der Waals surface area contributed by atoms with Gasteiger partial charge in [-0.1, -0.05) is 24.3 Å². The second-order valence-electron chi connectivity index (χ2n) is 7.91. The van der Waals surface area contributed by atoms with Crippen LogP contribution in [0.15, 0.2) is 78.4 Å². The Hall–Kier alpha value is -4.59. The van der Waals surface area contributed by atoms with Crippen molar-refractivity contribution in [1.29, 1.82) is 0 Å². The highest BCUT2D eigenvalue weighted by Gasteiger charge is 2.47. The molecule has 3 aromatic rings. The van der Waals surface area contributed by atoms with E-state index < -0.39 is 23.7 Å². The topological polar surface area (TPSA) is 113 Å². The standard InChI is InChI=1S/C27H23NO7/c1-34-20-11-5-17(6-12-20)24-23(25(31)18-7-13-21(35-2)14-8-18)26(32)27(33)28(24)19-9-3-16(4-10-19)15-22(29)30/h3-14,24,31H,15H2,1-2H3,(H,29,30)/b25-23+. The van der Waals surface area contributed by atoms with Crippen molar-refractivity contribution in [3.63, 3.8) is 0 Å². The summed E-state index contributed by atoms with van der Waals surface area (Å²) < 4.78 is 10.4. The number of aliphatic hydroxyl groups excluding tert-OH is 1. The van der Waals surface area contributed by atoms with Gasteiger partial charge in [0.15, 0.2) is 0 Å². The quantitative estimate of drug-likeness (QED) is 0.303. The monoisotopic (exact) mass is 473 g/mol.